The van der Waals surface area contributed by atoms with Crippen molar-refractivity contribution >= 4 is 10.9 Å². The van der Waals surface area contributed by atoms with Crippen LogP contribution in [0.5, 0.6) is 0 Å². The number of hydrogen-bond acceptors (Lipinski definition) is 2. The van der Waals surface area contributed by atoms with E-state index in [1.807, 2.05) is 12.1 Å². The molecule has 0 unspecified atom stereocenters. The molecule has 3 nitrogen and oxygen atoms in total. The second kappa shape index (κ2) is 4.58. The molecular weight excluding hydrogens is 279 g/mol. The van der Waals surface area contributed by atoms with Crippen LogP contribution in [0.4, 0.5) is 13.2 Å². The SMILES string of the molecule is Cc1nc(C(F)(F)F)nc(-c2cccc3[nH]ccc23)c1C. The quantitative estimate of drug-likeness (QED) is 0.727. The van der Waals surface area contributed by atoms with Crippen molar-refractivity contribution in [2.75, 3.05) is 0 Å². The molecule has 3 aromatic rings. The molecule has 3 rings (SSSR count). The Morgan fingerprint density at radius 1 is 1.05 bits per heavy atom. The van der Waals surface area contributed by atoms with E-state index in [1.165, 1.54) is 0 Å². The number of aryl methyl sites for hydroxylation is 1. The van der Waals surface area contributed by atoms with Crippen LogP contribution in [0.15, 0.2) is 30.5 Å². The smallest absolute Gasteiger partial charge is 0.361 e. The van der Waals surface area contributed by atoms with Crippen LogP contribution in [0.3, 0.4) is 0 Å². The Morgan fingerprint density at radius 2 is 1.81 bits per heavy atom. The van der Waals surface area contributed by atoms with Crippen molar-refractivity contribution in [1.29, 1.82) is 0 Å². The van der Waals surface area contributed by atoms with Gasteiger partial charge in [-0.05, 0) is 31.5 Å². The first-order valence-electron chi connectivity index (χ1n) is 6.37. The topological polar surface area (TPSA) is 41.6 Å². The minimum Gasteiger partial charge on any atom is -0.361 e. The molecule has 0 amide bonds. The van der Waals surface area contributed by atoms with E-state index in [4.69, 9.17) is 0 Å². The van der Waals surface area contributed by atoms with Crippen molar-refractivity contribution in [1.82, 2.24) is 15.0 Å². The van der Waals surface area contributed by atoms with Crippen LogP contribution < -0.4 is 0 Å². The molecule has 2 aromatic heterocycles. The fourth-order valence-corrected chi connectivity index (χ4v) is 2.31. The van der Waals surface area contributed by atoms with Crippen LogP contribution in [-0.4, -0.2) is 15.0 Å². The average molecular weight is 291 g/mol. The Morgan fingerprint density at radius 3 is 2.52 bits per heavy atom. The summed E-state index contributed by atoms with van der Waals surface area (Å²) < 4.78 is 38.8. The number of H-pyrrole nitrogens is 1. The minimum absolute atomic E-state index is 0.319. The molecule has 6 heteroatoms. The van der Waals surface area contributed by atoms with Gasteiger partial charge in [-0.25, -0.2) is 9.97 Å². The molecule has 0 spiro atoms. The lowest BCUT2D eigenvalue weighted by molar-refractivity contribution is -0.145. The van der Waals surface area contributed by atoms with E-state index in [1.54, 1.807) is 32.2 Å². The molecule has 1 N–H and O–H groups in total. The van der Waals surface area contributed by atoms with Gasteiger partial charge in [-0.15, -0.1) is 0 Å². The summed E-state index contributed by atoms with van der Waals surface area (Å²) in [6.45, 7) is 3.29. The first-order chi connectivity index (χ1) is 9.88. The summed E-state index contributed by atoms with van der Waals surface area (Å²) in [5, 5.41) is 0.840. The lowest BCUT2D eigenvalue weighted by Gasteiger charge is -2.13. The Balaban J connectivity index is 2.32. The highest BCUT2D eigenvalue weighted by atomic mass is 19.4. The van der Waals surface area contributed by atoms with Gasteiger partial charge in [0.15, 0.2) is 0 Å². The summed E-state index contributed by atoms with van der Waals surface area (Å²) in [7, 11) is 0. The third kappa shape index (κ3) is 2.26. The number of nitrogens with zero attached hydrogens (tertiary/aromatic N) is 2. The van der Waals surface area contributed by atoms with Crippen LogP contribution in [-0.2, 0) is 6.18 Å². The van der Waals surface area contributed by atoms with Crippen molar-refractivity contribution in [2.24, 2.45) is 0 Å². The van der Waals surface area contributed by atoms with Gasteiger partial charge in [0.1, 0.15) is 0 Å². The van der Waals surface area contributed by atoms with E-state index in [0.29, 0.717) is 22.5 Å². The summed E-state index contributed by atoms with van der Waals surface area (Å²) in [5.41, 5.74) is 2.83. The van der Waals surface area contributed by atoms with E-state index < -0.39 is 12.0 Å². The van der Waals surface area contributed by atoms with E-state index in [2.05, 4.69) is 15.0 Å². The average Bonchev–Trinajstić information content (AvgIpc) is 2.88. The predicted molar refractivity (Wildman–Crippen MR) is 73.8 cm³/mol. The Labute approximate surface area is 118 Å². The maximum atomic E-state index is 12.9. The maximum absolute atomic E-state index is 12.9. The molecule has 0 aliphatic heterocycles. The third-order valence-electron chi connectivity index (χ3n) is 3.49. The van der Waals surface area contributed by atoms with Gasteiger partial charge in [-0.2, -0.15) is 13.2 Å². The number of rotatable bonds is 1. The number of fused-ring (bicyclic) bond motifs is 1. The molecule has 2 heterocycles. The molecule has 0 atom stereocenters. The molecule has 21 heavy (non-hydrogen) atoms. The van der Waals surface area contributed by atoms with Gasteiger partial charge in [0.25, 0.3) is 0 Å². The highest BCUT2D eigenvalue weighted by Gasteiger charge is 2.35. The van der Waals surface area contributed by atoms with Crippen molar-refractivity contribution in [3.8, 4) is 11.3 Å². The molecule has 0 saturated heterocycles. The maximum Gasteiger partial charge on any atom is 0.451 e. The van der Waals surface area contributed by atoms with Crippen LogP contribution in [0.1, 0.15) is 17.1 Å². The van der Waals surface area contributed by atoms with Crippen LogP contribution >= 0.6 is 0 Å². The van der Waals surface area contributed by atoms with Gasteiger partial charge in [0.05, 0.1) is 5.69 Å². The van der Waals surface area contributed by atoms with Crippen LogP contribution in [0.25, 0.3) is 22.2 Å². The van der Waals surface area contributed by atoms with E-state index in [-0.39, 0.29) is 0 Å². The van der Waals surface area contributed by atoms with Crippen LogP contribution in [0, 0.1) is 13.8 Å². The van der Waals surface area contributed by atoms with Crippen molar-refractivity contribution in [3.63, 3.8) is 0 Å². The molecule has 0 radical (unpaired) electrons. The second-order valence-corrected chi connectivity index (χ2v) is 4.85. The number of aromatic nitrogens is 3. The number of aromatic amines is 1. The normalized spacial score (nSPS) is 12.0. The molecule has 0 fully saturated rings. The molecule has 0 aliphatic rings. The standard InChI is InChI=1S/C15H12F3N3/c1-8-9(2)20-14(15(16,17)18)21-13(8)11-4-3-5-12-10(11)6-7-19-12/h3-7,19H,1-2H3. The summed E-state index contributed by atoms with van der Waals surface area (Å²) in [4.78, 5) is 10.4. The summed E-state index contributed by atoms with van der Waals surface area (Å²) in [6.07, 6.45) is -2.80. The second-order valence-electron chi connectivity index (χ2n) is 4.85. The zero-order valence-corrected chi connectivity index (χ0v) is 11.4. The fraction of sp³-hybridized carbons (Fsp3) is 0.200. The van der Waals surface area contributed by atoms with E-state index >= 15 is 0 Å². The summed E-state index contributed by atoms with van der Waals surface area (Å²) >= 11 is 0. The van der Waals surface area contributed by atoms with Gasteiger partial charge < -0.3 is 4.98 Å². The lowest BCUT2D eigenvalue weighted by Crippen LogP contribution is -2.13. The van der Waals surface area contributed by atoms with Crippen molar-refractivity contribution in [2.45, 2.75) is 20.0 Å². The van der Waals surface area contributed by atoms with Gasteiger partial charge in [-0.3, -0.25) is 0 Å². The summed E-state index contributed by atoms with van der Waals surface area (Å²) in [6, 6.07) is 7.26. The first-order valence-corrected chi connectivity index (χ1v) is 6.37. The molecule has 0 aliphatic carbocycles. The van der Waals surface area contributed by atoms with Gasteiger partial charge in [0.2, 0.25) is 5.82 Å². The van der Waals surface area contributed by atoms with Crippen LogP contribution in [0.2, 0.25) is 0 Å². The largest absolute Gasteiger partial charge is 0.451 e. The number of hydrogen-bond donors (Lipinski definition) is 1. The third-order valence-corrected chi connectivity index (χ3v) is 3.49. The minimum atomic E-state index is -4.56. The molecule has 0 saturated carbocycles. The molecule has 108 valence electrons. The molecular formula is C15H12F3N3. The first kappa shape index (κ1) is 13.6. The predicted octanol–water partition coefficient (Wildman–Crippen LogP) is 4.26. The van der Waals surface area contributed by atoms with Crippen molar-refractivity contribution < 1.29 is 13.2 Å². The monoisotopic (exact) mass is 291 g/mol. The number of halogens is 3. The zero-order chi connectivity index (χ0) is 15.2. The highest BCUT2D eigenvalue weighted by Crippen LogP contribution is 2.33. The number of benzene rings is 1. The highest BCUT2D eigenvalue weighted by molar-refractivity contribution is 5.94. The number of nitrogens with one attached hydrogen (secondary N) is 1. The summed E-state index contributed by atoms with van der Waals surface area (Å²) in [5.74, 6) is -1.10. The van der Waals surface area contributed by atoms with Gasteiger partial charge >= 0.3 is 6.18 Å². The Bertz CT molecular complexity index is 819. The Kier molecular flexibility index (Phi) is 2.97. The Hall–Kier alpha value is -2.37. The molecule has 1 aromatic carbocycles. The van der Waals surface area contributed by atoms with Crippen molar-refractivity contribution in [3.05, 3.63) is 47.5 Å². The van der Waals surface area contributed by atoms with Gasteiger partial charge in [0, 0.05) is 28.4 Å². The lowest BCUT2D eigenvalue weighted by atomic mass is 10.0. The molecule has 0 bridgehead atoms. The van der Waals surface area contributed by atoms with E-state index in [0.717, 1.165) is 10.9 Å². The number of alkyl halides is 3. The van der Waals surface area contributed by atoms with E-state index in [9.17, 15) is 13.2 Å². The van der Waals surface area contributed by atoms with Gasteiger partial charge in [-0.1, -0.05) is 12.1 Å². The zero-order valence-electron chi connectivity index (χ0n) is 11.4. The fourth-order valence-electron chi connectivity index (χ4n) is 2.31.